The smallest absolute Gasteiger partial charge is 0.0900 e. The van der Waals surface area contributed by atoms with E-state index in [1.807, 2.05) is 13.8 Å². The molecule has 0 amide bonds. The third-order valence-electron chi connectivity index (χ3n) is 2.40. The van der Waals surface area contributed by atoms with Crippen molar-refractivity contribution in [2.75, 3.05) is 20.3 Å². The van der Waals surface area contributed by atoms with Crippen LogP contribution in [-0.2, 0) is 4.74 Å². The molecule has 1 heterocycles. The Labute approximate surface area is 101 Å². The molecule has 0 fully saturated rings. The Bertz CT molecular complexity index is 327. The van der Waals surface area contributed by atoms with Gasteiger partial charge in [-0.05, 0) is 20.8 Å². The van der Waals surface area contributed by atoms with Gasteiger partial charge in [0.2, 0.25) is 0 Å². The lowest BCUT2D eigenvalue weighted by Crippen LogP contribution is -2.38. The van der Waals surface area contributed by atoms with Crippen molar-refractivity contribution in [2.24, 2.45) is 5.73 Å². The Morgan fingerprint density at radius 2 is 2.19 bits per heavy atom. The van der Waals surface area contributed by atoms with Crippen LogP contribution in [0.4, 0.5) is 0 Å². The standard InChI is InChI=1S/C11H21N3OS/c1-7(13-5-10(12)6-15-4)11-8(2)14-9(3)16-11/h7,10,13H,5-6,12H2,1-4H3. The van der Waals surface area contributed by atoms with Crippen molar-refractivity contribution in [1.82, 2.24) is 10.3 Å². The molecule has 1 aromatic rings. The first-order chi connectivity index (χ1) is 7.54. The lowest BCUT2D eigenvalue weighted by Gasteiger charge is -2.16. The molecule has 5 heteroatoms. The van der Waals surface area contributed by atoms with Crippen LogP contribution in [0.1, 0.15) is 28.5 Å². The molecule has 0 saturated heterocycles. The molecule has 1 aromatic heterocycles. The van der Waals surface area contributed by atoms with Crippen LogP contribution in [0.3, 0.4) is 0 Å². The van der Waals surface area contributed by atoms with Crippen molar-refractivity contribution in [1.29, 1.82) is 0 Å². The van der Waals surface area contributed by atoms with Gasteiger partial charge in [0.15, 0.2) is 0 Å². The van der Waals surface area contributed by atoms with E-state index in [2.05, 4.69) is 17.2 Å². The first kappa shape index (κ1) is 13.6. The summed E-state index contributed by atoms with van der Waals surface area (Å²) in [6.07, 6.45) is 0. The summed E-state index contributed by atoms with van der Waals surface area (Å²) in [5.74, 6) is 0. The van der Waals surface area contributed by atoms with E-state index in [-0.39, 0.29) is 6.04 Å². The third-order valence-corrected chi connectivity index (χ3v) is 3.66. The average Bonchev–Trinajstić information content (AvgIpc) is 2.55. The molecule has 1 rings (SSSR count). The minimum absolute atomic E-state index is 0.0433. The van der Waals surface area contributed by atoms with Gasteiger partial charge in [-0.2, -0.15) is 0 Å². The number of nitrogens with two attached hydrogens (primary N) is 1. The number of methoxy groups -OCH3 is 1. The molecule has 0 spiro atoms. The maximum atomic E-state index is 5.85. The molecule has 0 saturated carbocycles. The summed E-state index contributed by atoms with van der Waals surface area (Å²) in [4.78, 5) is 5.71. The second kappa shape index (κ2) is 6.30. The van der Waals surface area contributed by atoms with Crippen molar-refractivity contribution in [2.45, 2.75) is 32.9 Å². The summed E-state index contributed by atoms with van der Waals surface area (Å²) in [6, 6.07) is 0.343. The highest BCUT2D eigenvalue weighted by molar-refractivity contribution is 7.11. The van der Waals surface area contributed by atoms with E-state index < -0.39 is 0 Å². The van der Waals surface area contributed by atoms with E-state index in [0.717, 1.165) is 17.2 Å². The molecule has 0 aliphatic rings. The van der Waals surface area contributed by atoms with E-state index >= 15 is 0 Å². The highest BCUT2D eigenvalue weighted by Gasteiger charge is 2.13. The fourth-order valence-electron chi connectivity index (χ4n) is 1.64. The predicted molar refractivity (Wildman–Crippen MR) is 67.9 cm³/mol. The van der Waals surface area contributed by atoms with Gasteiger partial charge in [0, 0.05) is 30.6 Å². The normalized spacial score (nSPS) is 15.1. The quantitative estimate of drug-likeness (QED) is 0.792. The van der Waals surface area contributed by atoms with Crippen molar-refractivity contribution in [3.8, 4) is 0 Å². The van der Waals surface area contributed by atoms with Crippen LogP contribution >= 0.6 is 11.3 Å². The Balaban J connectivity index is 2.46. The summed E-state index contributed by atoms with van der Waals surface area (Å²) >= 11 is 1.74. The van der Waals surface area contributed by atoms with Crippen molar-refractivity contribution < 1.29 is 4.74 Å². The molecule has 3 N–H and O–H groups in total. The summed E-state index contributed by atoms with van der Waals surface area (Å²) in [5.41, 5.74) is 6.97. The predicted octanol–water partition coefficient (Wildman–Crippen LogP) is 1.38. The number of rotatable bonds is 6. The molecular weight excluding hydrogens is 222 g/mol. The van der Waals surface area contributed by atoms with Gasteiger partial charge in [0.25, 0.3) is 0 Å². The topological polar surface area (TPSA) is 60.2 Å². The number of ether oxygens (including phenoxy) is 1. The number of aryl methyl sites for hydroxylation is 2. The molecule has 92 valence electrons. The van der Waals surface area contributed by atoms with Gasteiger partial charge >= 0.3 is 0 Å². The molecule has 0 aliphatic carbocycles. The van der Waals surface area contributed by atoms with E-state index in [1.165, 1.54) is 4.88 Å². The molecule has 2 atom stereocenters. The Hall–Kier alpha value is -0.490. The number of hydrogen-bond acceptors (Lipinski definition) is 5. The largest absolute Gasteiger partial charge is 0.383 e. The Kier molecular flexibility index (Phi) is 5.34. The SMILES string of the molecule is COCC(N)CNC(C)c1sc(C)nc1C. The van der Waals surface area contributed by atoms with Gasteiger partial charge < -0.3 is 15.8 Å². The summed E-state index contributed by atoms with van der Waals surface area (Å²) in [5, 5.41) is 4.52. The van der Waals surface area contributed by atoms with E-state index in [4.69, 9.17) is 10.5 Å². The van der Waals surface area contributed by atoms with Crippen LogP contribution in [0.5, 0.6) is 0 Å². The van der Waals surface area contributed by atoms with E-state index in [1.54, 1.807) is 18.4 Å². The van der Waals surface area contributed by atoms with Crippen molar-refractivity contribution in [3.63, 3.8) is 0 Å². The van der Waals surface area contributed by atoms with Crippen LogP contribution in [0.2, 0.25) is 0 Å². The van der Waals surface area contributed by atoms with Crippen LogP contribution < -0.4 is 11.1 Å². The van der Waals surface area contributed by atoms with Crippen LogP contribution in [0.15, 0.2) is 0 Å². The second-order valence-electron chi connectivity index (χ2n) is 4.03. The molecule has 2 unspecified atom stereocenters. The number of nitrogens with one attached hydrogen (secondary N) is 1. The zero-order valence-electron chi connectivity index (χ0n) is 10.4. The third kappa shape index (κ3) is 3.83. The van der Waals surface area contributed by atoms with E-state index in [9.17, 15) is 0 Å². The molecule has 16 heavy (non-hydrogen) atoms. The maximum absolute atomic E-state index is 5.85. The summed E-state index contributed by atoms with van der Waals surface area (Å²) in [6.45, 7) is 7.56. The number of thiazole rings is 1. The van der Waals surface area contributed by atoms with Gasteiger partial charge in [-0.3, -0.25) is 0 Å². The number of nitrogens with zero attached hydrogens (tertiary/aromatic N) is 1. The first-order valence-electron chi connectivity index (χ1n) is 5.46. The lowest BCUT2D eigenvalue weighted by atomic mass is 10.2. The van der Waals surface area contributed by atoms with Gasteiger partial charge in [0.05, 0.1) is 17.3 Å². The summed E-state index contributed by atoms with van der Waals surface area (Å²) < 4.78 is 4.99. The lowest BCUT2D eigenvalue weighted by molar-refractivity contribution is 0.178. The second-order valence-corrected chi connectivity index (χ2v) is 5.26. The van der Waals surface area contributed by atoms with Crippen LogP contribution in [-0.4, -0.2) is 31.3 Å². The first-order valence-corrected chi connectivity index (χ1v) is 6.28. The Morgan fingerprint density at radius 1 is 1.50 bits per heavy atom. The highest BCUT2D eigenvalue weighted by Crippen LogP contribution is 2.24. The van der Waals surface area contributed by atoms with Gasteiger partial charge in [0.1, 0.15) is 0 Å². The molecule has 0 radical (unpaired) electrons. The number of aromatic nitrogens is 1. The van der Waals surface area contributed by atoms with Gasteiger partial charge in [-0.15, -0.1) is 11.3 Å². The monoisotopic (exact) mass is 243 g/mol. The summed E-state index contributed by atoms with van der Waals surface area (Å²) in [7, 11) is 1.67. The van der Waals surface area contributed by atoms with E-state index in [0.29, 0.717) is 12.6 Å². The minimum atomic E-state index is 0.0433. The highest BCUT2D eigenvalue weighted by atomic mass is 32.1. The van der Waals surface area contributed by atoms with Crippen LogP contribution in [0, 0.1) is 13.8 Å². The zero-order valence-corrected chi connectivity index (χ0v) is 11.2. The van der Waals surface area contributed by atoms with Crippen LogP contribution in [0.25, 0.3) is 0 Å². The zero-order chi connectivity index (χ0) is 12.1. The van der Waals surface area contributed by atoms with Crippen molar-refractivity contribution in [3.05, 3.63) is 15.6 Å². The fourth-order valence-corrected chi connectivity index (χ4v) is 2.60. The number of hydrogen-bond donors (Lipinski definition) is 2. The average molecular weight is 243 g/mol. The minimum Gasteiger partial charge on any atom is -0.383 e. The van der Waals surface area contributed by atoms with Crippen molar-refractivity contribution >= 4 is 11.3 Å². The molecular formula is C11H21N3OS. The molecule has 0 aromatic carbocycles. The molecule has 4 nitrogen and oxygen atoms in total. The molecule has 0 bridgehead atoms. The Morgan fingerprint density at radius 3 is 2.69 bits per heavy atom. The van der Waals surface area contributed by atoms with Gasteiger partial charge in [-0.1, -0.05) is 0 Å². The maximum Gasteiger partial charge on any atom is 0.0900 e. The molecule has 0 aliphatic heterocycles. The van der Waals surface area contributed by atoms with Gasteiger partial charge in [-0.25, -0.2) is 4.98 Å². The fraction of sp³-hybridized carbons (Fsp3) is 0.727.